The van der Waals surface area contributed by atoms with Crippen molar-refractivity contribution in [2.45, 2.75) is 19.3 Å². The van der Waals surface area contributed by atoms with E-state index < -0.39 is 0 Å². The summed E-state index contributed by atoms with van der Waals surface area (Å²) < 4.78 is 0. The highest BCUT2D eigenvalue weighted by Crippen LogP contribution is 2.23. The molecule has 2 aromatic heterocycles. The van der Waals surface area contributed by atoms with Crippen molar-refractivity contribution in [2.24, 2.45) is 5.92 Å². The van der Waals surface area contributed by atoms with Gasteiger partial charge < -0.3 is 9.88 Å². The van der Waals surface area contributed by atoms with Crippen LogP contribution in [0.25, 0.3) is 11.0 Å². The van der Waals surface area contributed by atoms with Gasteiger partial charge in [-0.05, 0) is 55.0 Å². The molecule has 0 bridgehead atoms. The standard InChI is InChI=1S/C19H20N4O/c24-19(16-5-6-17-18(10-16)22-13-21-17)23-8-2-4-15(12-23)9-14-3-1-7-20-11-14/h1,3,5-7,10-11,13,15H,2,4,8-9,12H2,(H,21,22)/t15-/m0/s1. The molecule has 5 nitrogen and oxygen atoms in total. The number of fused-ring (bicyclic) bond motifs is 1. The van der Waals surface area contributed by atoms with E-state index in [-0.39, 0.29) is 5.91 Å². The van der Waals surface area contributed by atoms with E-state index in [9.17, 15) is 4.79 Å². The van der Waals surface area contributed by atoms with Crippen LogP contribution in [0.15, 0.2) is 49.1 Å². The number of pyridine rings is 1. The summed E-state index contributed by atoms with van der Waals surface area (Å²) in [5, 5.41) is 0. The zero-order valence-corrected chi connectivity index (χ0v) is 13.5. The average Bonchev–Trinajstić information content (AvgIpc) is 3.10. The van der Waals surface area contributed by atoms with Crippen molar-refractivity contribution in [3.8, 4) is 0 Å². The van der Waals surface area contributed by atoms with E-state index in [0.717, 1.165) is 48.9 Å². The van der Waals surface area contributed by atoms with E-state index in [1.807, 2.05) is 35.4 Å². The van der Waals surface area contributed by atoms with Gasteiger partial charge >= 0.3 is 0 Å². The number of amides is 1. The fraction of sp³-hybridized carbons (Fsp3) is 0.316. The van der Waals surface area contributed by atoms with E-state index in [2.05, 4.69) is 21.0 Å². The van der Waals surface area contributed by atoms with Crippen LogP contribution in [-0.4, -0.2) is 38.8 Å². The van der Waals surface area contributed by atoms with Gasteiger partial charge in [0.1, 0.15) is 0 Å². The van der Waals surface area contributed by atoms with Crippen LogP contribution < -0.4 is 0 Å². The first kappa shape index (κ1) is 14.9. The predicted molar refractivity (Wildman–Crippen MR) is 92.7 cm³/mol. The second-order valence-electron chi connectivity index (χ2n) is 6.46. The van der Waals surface area contributed by atoms with Crippen molar-refractivity contribution in [1.82, 2.24) is 19.9 Å². The molecule has 4 rings (SSSR count). The summed E-state index contributed by atoms with van der Waals surface area (Å²) in [6, 6.07) is 9.75. The molecule has 5 heteroatoms. The normalized spacial score (nSPS) is 18.0. The van der Waals surface area contributed by atoms with Crippen molar-refractivity contribution in [3.63, 3.8) is 0 Å². The lowest BCUT2D eigenvalue weighted by Crippen LogP contribution is -2.40. The molecule has 3 aromatic rings. The Kier molecular flexibility index (Phi) is 3.99. The Balaban J connectivity index is 1.47. The molecule has 3 heterocycles. The monoisotopic (exact) mass is 320 g/mol. The van der Waals surface area contributed by atoms with Gasteiger partial charge in [0.15, 0.2) is 0 Å². The minimum Gasteiger partial charge on any atom is -0.345 e. The van der Waals surface area contributed by atoms with Gasteiger partial charge in [-0.25, -0.2) is 4.98 Å². The molecule has 0 radical (unpaired) electrons. The van der Waals surface area contributed by atoms with E-state index in [0.29, 0.717) is 5.92 Å². The molecule has 1 amide bonds. The maximum atomic E-state index is 12.8. The molecular formula is C19H20N4O. The first-order chi connectivity index (χ1) is 11.8. The minimum atomic E-state index is 0.113. The number of aromatic amines is 1. The second kappa shape index (κ2) is 6.43. The van der Waals surface area contributed by atoms with Crippen LogP contribution in [-0.2, 0) is 6.42 Å². The van der Waals surface area contributed by atoms with E-state index in [1.54, 1.807) is 12.5 Å². The molecule has 1 aromatic carbocycles. The summed E-state index contributed by atoms with van der Waals surface area (Å²) in [6.45, 7) is 1.65. The van der Waals surface area contributed by atoms with Gasteiger partial charge in [0.25, 0.3) is 5.91 Å². The van der Waals surface area contributed by atoms with Gasteiger partial charge in [-0.15, -0.1) is 0 Å². The van der Waals surface area contributed by atoms with Crippen molar-refractivity contribution in [2.75, 3.05) is 13.1 Å². The Bertz CT molecular complexity index is 843. The van der Waals surface area contributed by atoms with Gasteiger partial charge in [0.05, 0.1) is 17.4 Å². The minimum absolute atomic E-state index is 0.113. The van der Waals surface area contributed by atoms with Crippen LogP contribution in [0.3, 0.4) is 0 Å². The Morgan fingerprint density at radius 2 is 2.29 bits per heavy atom. The summed E-state index contributed by atoms with van der Waals surface area (Å²) in [7, 11) is 0. The zero-order chi connectivity index (χ0) is 16.4. The number of nitrogens with one attached hydrogen (secondary N) is 1. The number of nitrogens with zero attached hydrogens (tertiary/aromatic N) is 3. The van der Waals surface area contributed by atoms with Crippen LogP contribution in [0, 0.1) is 5.92 Å². The highest BCUT2D eigenvalue weighted by Gasteiger charge is 2.24. The number of piperidine rings is 1. The Morgan fingerprint density at radius 1 is 1.33 bits per heavy atom. The Labute approximate surface area is 140 Å². The highest BCUT2D eigenvalue weighted by atomic mass is 16.2. The number of benzene rings is 1. The SMILES string of the molecule is O=C(c1ccc2nc[nH]c2c1)N1CCC[C@@H](Cc2cccnc2)C1. The van der Waals surface area contributed by atoms with Crippen LogP contribution in [0.4, 0.5) is 0 Å². The van der Waals surface area contributed by atoms with Crippen molar-refractivity contribution < 1.29 is 4.79 Å². The molecule has 24 heavy (non-hydrogen) atoms. The fourth-order valence-corrected chi connectivity index (χ4v) is 3.52. The lowest BCUT2D eigenvalue weighted by Gasteiger charge is -2.33. The molecule has 1 N–H and O–H groups in total. The molecule has 1 aliphatic rings. The first-order valence-electron chi connectivity index (χ1n) is 8.41. The number of hydrogen-bond donors (Lipinski definition) is 1. The van der Waals surface area contributed by atoms with E-state index in [4.69, 9.17) is 0 Å². The molecule has 0 saturated carbocycles. The Morgan fingerprint density at radius 3 is 3.17 bits per heavy atom. The number of carbonyl (C=O) groups excluding carboxylic acids is 1. The average molecular weight is 320 g/mol. The molecule has 122 valence electrons. The summed E-state index contributed by atoms with van der Waals surface area (Å²) in [6.07, 6.45) is 8.58. The lowest BCUT2D eigenvalue weighted by molar-refractivity contribution is 0.0673. The summed E-state index contributed by atoms with van der Waals surface area (Å²) in [4.78, 5) is 26.3. The molecule has 1 fully saturated rings. The fourth-order valence-electron chi connectivity index (χ4n) is 3.52. The molecule has 0 aliphatic carbocycles. The summed E-state index contributed by atoms with van der Waals surface area (Å²) >= 11 is 0. The van der Waals surface area contributed by atoms with Crippen molar-refractivity contribution in [3.05, 3.63) is 60.2 Å². The predicted octanol–water partition coefficient (Wildman–Crippen LogP) is 3.05. The molecule has 1 atom stereocenters. The first-order valence-corrected chi connectivity index (χ1v) is 8.41. The topological polar surface area (TPSA) is 61.9 Å². The van der Waals surface area contributed by atoms with Gasteiger partial charge in [-0.3, -0.25) is 9.78 Å². The zero-order valence-electron chi connectivity index (χ0n) is 13.5. The van der Waals surface area contributed by atoms with Crippen LogP contribution >= 0.6 is 0 Å². The third-order valence-corrected chi connectivity index (χ3v) is 4.72. The van der Waals surface area contributed by atoms with Crippen LogP contribution in [0.2, 0.25) is 0 Å². The molecule has 1 aliphatic heterocycles. The van der Waals surface area contributed by atoms with E-state index in [1.165, 1.54) is 5.56 Å². The number of hydrogen-bond acceptors (Lipinski definition) is 3. The van der Waals surface area contributed by atoms with Gasteiger partial charge in [-0.2, -0.15) is 0 Å². The molecule has 0 unspecified atom stereocenters. The number of carbonyl (C=O) groups is 1. The number of likely N-dealkylation sites (tertiary alicyclic amines) is 1. The third-order valence-electron chi connectivity index (χ3n) is 4.72. The molecule has 0 spiro atoms. The van der Waals surface area contributed by atoms with E-state index >= 15 is 0 Å². The van der Waals surface area contributed by atoms with Crippen LogP contribution in [0.1, 0.15) is 28.8 Å². The second-order valence-corrected chi connectivity index (χ2v) is 6.46. The van der Waals surface area contributed by atoms with Crippen molar-refractivity contribution >= 4 is 16.9 Å². The summed E-state index contributed by atoms with van der Waals surface area (Å²) in [5.74, 6) is 0.616. The molecular weight excluding hydrogens is 300 g/mol. The number of H-pyrrole nitrogens is 1. The summed E-state index contributed by atoms with van der Waals surface area (Å²) in [5.41, 5.74) is 3.77. The van der Waals surface area contributed by atoms with Gasteiger partial charge in [0, 0.05) is 31.0 Å². The third kappa shape index (κ3) is 3.02. The largest absolute Gasteiger partial charge is 0.345 e. The van der Waals surface area contributed by atoms with Gasteiger partial charge in [-0.1, -0.05) is 6.07 Å². The number of aromatic nitrogens is 3. The van der Waals surface area contributed by atoms with Gasteiger partial charge in [0.2, 0.25) is 0 Å². The Hall–Kier alpha value is -2.69. The maximum Gasteiger partial charge on any atom is 0.253 e. The highest BCUT2D eigenvalue weighted by molar-refractivity contribution is 5.97. The number of imidazole rings is 1. The van der Waals surface area contributed by atoms with Crippen molar-refractivity contribution in [1.29, 1.82) is 0 Å². The lowest BCUT2D eigenvalue weighted by atomic mass is 9.91. The smallest absolute Gasteiger partial charge is 0.253 e. The maximum absolute atomic E-state index is 12.8. The van der Waals surface area contributed by atoms with Crippen LogP contribution in [0.5, 0.6) is 0 Å². The molecule has 1 saturated heterocycles. The quantitative estimate of drug-likeness (QED) is 0.807. The number of rotatable bonds is 3.